The Morgan fingerprint density at radius 1 is 0.368 bits per heavy atom. The average Bonchev–Trinajstić information content (AvgIpc) is 3.94. The van der Waals surface area contributed by atoms with Crippen LogP contribution in [0.3, 0.4) is 0 Å². The monoisotopic (exact) mass is 727 g/mol. The van der Waals surface area contributed by atoms with Crippen molar-refractivity contribution in [3.63, 3.8) is 0 Å². The minimum Gasteiger partial charge on any atom is -0.455 e. The number of rotatable bonds is 5. The van der Waals surface area contributed by atoms with Crippen molar-refractivity contribution < 1.29 is 4.42 Å². The zero-order chi connectivity index (χ0) is 37.5. The molecular formula is C53H33N3O. The van der Waals surface area contributed by atoms with Crippen LogP contribution in [0.4, 0.5) is 0 Å². The van der Waals surface area contributed by atoms with Gasteiger partial charge in [-0.15, -0.1) is 0 Å². The number of aromatic nitrogens is 3. The van der Waals surface area contributed by atoms with Crippen LogP contribution in [0.25, 0.3) is 111 Å². The summed E-state index contributed by atoms with van der Waals surface area (Å²) in [6.07, 6.45) is 0. The van der Waals surface area contributed by atoms with Gasteiger partial charge in [0.05, 0.1) is 27.8 Å². The minimum atomic E-state index is 0.871. The minimum absolute atomic E-state index is 0.871. The quantitative estimate of drug-likeness (QED) is 0.177. The Balaban J connectivity index is 1.24. The second kappa shape index (κ2) is 12.4. The third-order valence-corrected chi connectivity index (χ3v) is 11.5. The van der Waals surface area contributed by atoms with Gasteiger partial charge in [0, 0.05) is 54.7 Å². The van der Waals surface area contributed by atoms with Crippen molar-refractivity contribution in [3.05, 3.63) is 200 Å². The molecule has 0 saturated heterocycles. The van der Waals surface area contributed by atoms with Crippen LogP contribution >= 0.6 is 0 Å². The van der Waals surface area contributed by atoms with Gasteiger partial charge in [-0.25, -0.2) is 4.98 Å². The molecule has 0 aliphatic carbocycles. The van der Waals surface area contributed by atoms with Crippen molar-refractivity contribution in [2.24, 2.45) is 0 Å². The number of furan rings is 1. The molecule has 0 amide bonds. The second-order valence-electron chi connectivity index (χ2n) is 14.7. The molecule has 0 saturated carbocycles. The summed E-state index contributed by atoms with van der Waals surface area (Å²) in [5, 5.41) is 6.97. The van der Waals surface area contributed by atoms with Gasteiger partial charge in [-0.05, 0) is 65.7 Å². The first kappa shape index (κ1) is 31.6. The van der Waals surface area contributed by atoms with Crippen molar-refractivity contribution >= 4 is 65.6 Å². The van der Waals surface area contributed by atoms with Gasteiger partial charge in [0.2, 0.25) is 0 Å². The Kier molecular flexibility index (Phi) is 6.89. The van der Waals surface area contributed by atoms with E-state index in [1.165, 1.54) is 21.5 Å². The molecule has 0 radical (unpaired) electrons. The topological polar surface area (TPSA) is 35.9 Å². The number of hydrogen-bond acceptors (Lipinski definition) is 2. The summed E-state index contributed by atoms with van der Waals surface area (Å²) in [6.45, 7) is 0. The zero-order valence-corrected chi connectivity index (χ0v) is 30.8. The molecule has 4 nitrogen and oxygen atoms in total. The average molecular weight is 728 g/mol. The molecule has 0 aliphatic heterocycles. The summed E-state index contributed by atoms with van der Waals surface area (Å²) in [7, 11) is 0. The van der Waals surface area contributed by atoms with Gasteiger partial charge in [0.25, 0.3) is 0 Å². The van der Waals surface area contributed by atoms with Gasteiger partial charge in [0.1, 0.15) is 17.0 Å². The van der Waals surface area contributed by atoms with Crippen LogP contribution in [0.2, 0.25) is 0 Å². The molecule has 57 heavy (non-hydrogen) atoms. The lowest BCUT2D eigenvalue weighted by Gasteiger charge is -2.17. The fourth-order valence-electron chi connectivity index (χ4n) is 9.07. The van der Waals surface area contributed by atoms with Gasteiger partial charge >= 0.3 is 0 Å². The first-order valence-corrected chi connectivity index (χ1v) is 19.4. The van der Waals surface area contributed by atoms with E-state index in [2.05, 4.69) is 197 Å². The van der Waals surface area contributed by atoms with Crippen LogP contribution in [0.1, 0.15) is 0 Å². The van der Waals surface area contributed by atoms with Gasteiger partial charge in [-0.2, -0.15) is 0 Å². The Bertz CT molecular complexity index is 3520. The van der Waals surface area contributed by atoms with Gasteiger partial charge < -0.3 is 8.98 Å². The summed E-state index contributed by atoms with van der Waals surface area (Å²) < 4.78 is 11.5. The predicted molar refractivity (Wildman–Crippen MR) is 237 cm³/mol. The Morgan fingerprint density at radius 2 is 0.965 bits per heavy atom. The summed E-state index contributed by atoms with van der Waals surface area (Å²) in [6, 6.07) is 71.3. The summed E-state index contributed by atoms with van der Waals surface area (Å²) in [4.78, 5) is 5.34. The third-order valence-electron chi connectivity index (χ3n) is 11.5. The van der Waals surface area contributed by atoms with E-state index >= 15 is 0 Å². The Hall–Kier alpha value is -7.69. The predicted octanol–water partition coefficient (Wildman–Crippen LogP) is 14.2. The maximum atomic E-state index is 6.77. The highest BCUT2D eigenvalue weighted by Gasteiger charge is 2.24. The lowest BCUT2D eigenvalue weighted by atomic mass is 9.90. The second-order valence-corrected chi connectivity index (χ2v) is 14.7. The summed E-state index contributed by atoms with van der Waals surface area (Å²) in [5.74, 6) is 0.871. The number of benzene rings is 8. The Labute approximate surface area is 328 Å². The van der Waals surface area contributed by atoms with E-state index in [-0.39, 0.29) is 0 Å². The smallest absolute Gasteiger partial charge is 0.143 e. The van der Waals surface area contributed by atoms with Gasteiger partial charge in [0.15, 0.2) is 0 Å². The number of pyridine rings is 1. The number of nitrogens with zero attached hydrogens (tertiary/aromatic N) is 3. The molecule has 4 heteroatoms. The largest absolute Gasteiger partial charge is 0.455 e. The number of fused-ring (bicyclic) bond motifs is 9. The van der Waals surface area contributed by atoms with Gasteiger partial charge in [-0.1, -0.05) is 146 Å². The summed E-state index contributed by atoms with van der Waals surface area (Å²) >= 11 is 0. The van der Waals surface area contributed by atoms with E-state index in [1.807, 2.05) is 12.1 Å². The standard InChI is InChI=1S/C53H33N3O/c1-3-16-34(17-4-1)46-27-15-31-51(54-46)56-48-29-11-7-20-36(48)39-23-13-24-40(52(39)56)44-33-49-45(37-21-8-10-28-47(37)55(49)35-18-5-2-6-19-35)32-43(44)42-26-14-25-41-38-22-9-12-30-50(38)57-53(41)42/h1-33H. The van der Waals surface area contributed by atoms with Crippen molar-refractivity contribution in [1.82, 2.24) is 14.1 Å². The molecule has 0 aliphatic rings. The molecule has 4 heterocycles. The molecule has 0 atom stereocenters. The molecule has 0 bridgehead atoms. The van der Waals surface area contributed by atoms with Crippen molar-refractivity contribution in [2.75, 3.05) is 0 Å². The van der Waals surface area contributed by atoms with Crippen LogP contribution in [0.5, 0.6) is 0 Å². The highest BCUT2D eigenvalue weighted by Crippen LogP contribution is 2.47. The van der Waals surface area contributed by atoms with E-state index in [0.29, 0.717) is 0 Å². The lowest BCUT2D eigenvalue weighted by molar-refractivity contribution is 0.670. The fourth-order valence-corrected chi connectivity index (χ4v) is 9.07. The van der Waals surface area contributed by atoms with E-state index in [4.69, 9.17) is 9.40 Å². The molecule has 4 aromatic heterocycles. The highest BCUT2D eigenvalue weighted by molar-refractivity contribution is 6.19. The molecular weight excluding hydrogens is 695 g/mol. The normalized spacial score (nSPS) is 11.9. The number of hydrogen-bond donors (Lipinski definition) is 0. The van der Waals surface area contributed by atoms with Gasteiger partial charge in [-0.3, -0.25) is 4.57 Å². The SMILES string of the molecule is c1ccc(-c2cccc(-n3c4ccccc4c4cccc(-c5cc6c(cc5-c5cccc7c5oc5ccccc57)c5ccccc5n6-c5ccccc5)c43)n2)cc1. The van der Waals surface area contributed by atoms with E-state index in [0.717, 1.165) is 89.0 Å². The molecule has 0 unspecified atom stereocenters. The van der Waals surface area contributed by atoms with Crippen LogP contribution in [0, 0.1) is 0 Å². The molecule has 12 rings (SSSR count). The zero-order valence-electron chi connectivity index (χ0n) is 30.8. The maximum Gasteiger partial charge on any atom is 0.143 e. The number of para-hydroxylation sites is 6. The first-order chi connectivity index (χ1) is 28.3. The van der Waals surface area contributed by atoms with Crippen molar-refractivity contribution in [3.8, 4) is 45.0 Å². The van der Waals surface area contributed by atoms with Crippen molar-refractivity contribution in [2.45, 2.75) is 0 Å². The van der Waals surface area contributed by atoms with E-state index in [9.17, 15) is 0 Å². The van der Waals surface area contributed by atoms with Crippen molar-refractivity contribution in [1.29, 1.82) is 0 Å². The van der Waals surface area contributed by atoms with Crippen LogP contribution < -0.4 is 0 Å². The molecule has 8 aromatic carbocycles. The molecule has 12 aromatic rings. The maximum absolute atomic E-state index is 6.77. The highest BCUT2D eigenvalue weighted by atomic mass is 16.3. The molecule has 266 valence electrons. The fraction of sp³-hybridized carbons (Fsp3) is 0. The van der Waals surface area contributed by atoms with Crippen LogP contribution in [-0.2, 0) is 0 Å². The van der Waals surface area contributed by atoms with Crippen LogP contribution in [0.15, 0.2) is 205 Å². The van der Waals surface area contributed by atoms with Crippen LogP contribution in [-0.4, -0.2) is 14.1 Å². The van der Waals surface area contributed by atoms with E-state index < -0.39 is 0 Å². The lowest BCUT2D eigenvalue weighted by Crippen LogP contribution is -2.00. The molecule has 0 spiro atoms. The first-order valence-electron chi connectivity index (χ1n) is 19.4. The van der Waals surface area contributed by atoms with E-state index in [1.54, 1.807) is 0 Å². The molecule has 0 N–H and O–H groups in total. The summed E-state index contributed by atoms with van der Waals surface area (Å²) in [5.41, 5.74) is 13.8. The Morgan fingerprint density at radius 3 is 1.77 bits per heavy atom. The third kappa shape index (κ3) is 4.77. The molecule has 0 fully saturated rings.